The number of anilines is 1. The fraction of sp³-hybridized carbons (Fsp3) is 0.273. The monoisotopic (exact) mass is 262 g/mol. The van der Waals surface area contributed by atoms with Crippen molar-refractivity contribution >= 4 is 11.7 Å². The third kappa shape index (κ3) is 3.26. The minimum absolute atomic E-state index is 0.196. The van der Waals surface area contributed by atoms with E-state index < -0.39 is 0 Å². The number of aromatic nitrogens is 3. The first-order valence-corrected chi connectivity index (χ1v) is 5.75. The van der Waals surface area contributed by atoms with E-state index in [2.05, 4.69) is 25.9 Å². The van der Waals surface area contributed by atoms with E-state index in [1.165, 1.54) is 6.07 Å². The molecule has 0 aliphatic carbocycles. The molecule has 0 saturated heterocycles. The zero-order valence-corrected chi connectivity index (χ0v) is 10.4. The first-order chi connectivity index (χ1) is 9.22. The highest BCUT2D eigenvalue weighted by atomic mass is 16.4. The predicted molar refractivity (Wildman–Crippen MR) is 66.9 cm³/mol. The summed E-state index contributed by atoms with van der Waals surface area (Å²) >= 11 is 0. The van der Waals surface area contributed by atoms with E-state index in [0.29, 0.717) is 11.7 Å². The molecule has 0 saturated carbocycles. The number of hydrogen-bond acceptors (Lipinski definition) is 7. The average molecular weight is 262 g/mol. The molecule has 100 valence electrons. The molecule has 1 amide bonds. The highest BCUT2D eigenvalue weighted by molar-refractivity contribution is 5.92. The molecule has 4 N–H and O–H groups in total. The van der Waals surface area contributed by atoms with Gasteiger partial charge in [0.15, 0.2) is 11.5 Å². The summed E-state index contributed by atoms with van der Waals surface area (Å²) in [7, 11) is 0. The standard InChI is InChI=1S/C11H14N6O2/c1-2-7-5-13-10(19-7)6-14-11(18)8-3-4-9(15-12)17-16-8/h3-5H,2,6,12H2,1H3,(H,14,18)(H,15,17). The van der Waals surface area contributed by atoms with Gasteiger partial charge in [-0.25, -0.2) is 10.8 Å². The second-order valence-electron chi connectivity index (χ2n) is 3.70. The van der Waals surface area contributed by atoms with Crippen molar-refractivity contribution in [3.8, 4) is 0 Å². The molecular formula is C11H14N6O2. The summed E-state index contributed by atoms with van der Waals surface area (Å²) in [5.41, 5.74) is 2.53. The van der Waals surface area contributed by atoms with Gasteiger partial charge in [0.1, 0.15) is 5.76 Å². The number of hydrogen-bond donors (Lipinski definition) is 3. The van der Waals surface area contributed by atoms with Crippen LogP contribution in [0, 0.1) is 0 Å². The highest BCUT2D eigenvalue weighted by Gasteiger charge is 2.09. The first-order valence-electron chi connectivity index (χ1n) is 5.75. The first kappa shape index (κ1) is 13.0. The second-order valence-corrected chi connectivity index (χ2v) is 3.70. The van der Waals surface area contributed by atoms with Crippen LogP contribution < -0.4 is 16.6 Å². The van der Waals surface area contributed by atoms with Crippen molar-refractivity contribution in [3.05, 3.63) is 35.7 Å². The summed E-state index contributed by atoms with van der Waals surface area (Å²) in [5, 5.41) is 10.1. The number of nitrogen functional groups attached to an aromatic ring is 1. The third-order valence-corrected chi connectivity index (χ3v) is 2.40. The number of hydrazine groups is 1. The van der Waals surface area contributed by atoms with Crippen LogP contribution in [-0.4, -0.2) is 21.1 Å². The Bertz CT molecular complexity index is 551. The normalized spacial score (nSPS) is 10.2. The third-order valence-electron chi connectivity index (χ3n) is 2.40. The maximum atomic E-state index is 11.8. The summed E-state index contributed by atoms with van der Waals surface area (Å²) < 4.78 is 5.37. The molecule has 0 aromatic carbocycles. The van der Waals surface area contributed by atoms with E-state index in [0.717, 1.165) is 12.2 Å². The predicted octanol–water partition coefficient (Wildman–Crippen LogP) is 0.243. The van der Waals surface area contributed by atoms with Gasteiger partial charge >= 0.3 is 0 Å². The fourth-order valence-corrected chi connectivity index (χ4v) is 1.37. The molecule has 19 heavy (non-hydrogen) atoms. The van der Waals surface area contributed by atoms with Gasteiger partial charge in [-0.1, -0.05) is 6.92 Å². The molecule has 0 bridgehead atoms. The Morgan fingerprint density at radius 2 is 2.26 bits per heavy atom. The van der Waals surface area contributed by atoms with Gasteiger partial charge in [-0.3, -0.25) is 4.79 Å². The molecule has 2 heterocycles. The highest BCUT2D eigenvalue weighted by Crippen LogP contribution is 2.04. The number of carbonyl (C=O) groups is 1. The van der Waals surface area contributed by atoms with Crippen LogP contribution in [0.25, 0.3) is 0 Å². The number of aryl methyl sites for hydroxylation is 1. The summed E-state index contributed by atoms with van der Waals surface area (Å²) in [5.74, 6) is 6.42. The lowest BCUT2D eigenvalue weighted by atomic mass is 10.3. The minimum Gasteiger partial charge on any atom is -0.444 e. The lowest BCUT2D eigenvalue weighted by molar-refractivity contribution is 0.0941. The van der Waals surface area contributed by atoms with Crippen molar-refractivity contribution in [3.63, 3.8) is 0 Å². The van der Waals surface area contributed by atoms with E-state index >= 15 is 0 Å². The molecule has 0 unspecified atom stereocenters. The van der Waals surface area contributed by atoms with Crippen LogP contribution in [0.3, 0.4) is 0 Å². The lowest BCUT2D eigenvalue weighted by Gasteiger charge is -2.02. The Morgan fingerprint density at radius 1 is 1.42 bits per heavy atom. The van der Waals surface area contributed by atoms with Crippen LogP contribution in [0.1, 0.15) is 29.1 Å². The SMILES string of the molecule is CCc1cnc(CNC(=O)c2ccc(NN)nn2)o1. The van der Waals surface area contributed by atoms with Crippen molar-refractivity contribution in [2.24, 2.45) is 5.84 Å². The zero-order valence-electron chi connectivity index (χ0n) is 10.4. The molecule has 2 aromatic heterocycles. The van der Waals surface area contributed by atoms with Crippen LogP contribution in [0.5, 0.6) is 0 Å². The van der Waals surface area contributed by atoms with Crippen molar-refractivity contribution in [1.82, 2.24) is 20.5 Å². The van der Waals surface area contributed by atoms with E-state index in [4.69, 9.17) is 10.3 Å². The summed E-state index contributed by atoms with van der Waals surface area (Å²) in [6.45, 7) is 2.17. The molecule has 0 aliphatic heterocycles. The van der Waals surface area contributed by atoms with Crippen LogP contribution >= 0.6 is 0 Å². The Balaban J connectivity index is 1.93. The van der Waals surface area contributed by atoms with Gasteiger partial charge in [0, 0.05) is 6.42 Å². The smallest absolute Gasteiger partial charge is 0.272 e. The Morgan fingerprint density at radius 3 is 2.84 bits per heavy atom. The number of nitrogens with one attached hydrogen (secondary N) is 2. The number of carbonyl (C=O) groups excluding carboxylic acids is 1. The Kier molecular flexibility index (Phi) is 4.04. The Hall–Kier alpha value is -2.48. The van der Waals surface area contributed by atoms with E-state index in [-0.39, 0.29) is 18.1 Å². The van der Waals surface area contributed by atoms with Gasteiger partial charge in [0.05, 0.1) is 12.7 Å². The van der Waals surface area contributed by atoms with Crippen molar-refractivity contribution < 1.29 is 9.21 Å². The maximum absolute atomic E-state index is 11.8. The number of oxazole rings is 1. The van der Waals surface area contributed by atoms with Gasteiger partial charge < -0.3 is 15.2 Å². The summed E-state index contributed by atoms with van der Waals surface area (Å²) in [4.78, 5) is 15.8. The molecule has 2 rings (SSSR count). The molecule has 8 heteroatoms. The number of amides is 1. The molecule has 8 nitrogen and oxygen atoms in total. The molecule has 0 spiro atoms. The molecule has 0 radical (unpaired) electrons. The molecule has 0 aliphatic rings. The summed E-state index contributed by atoms with van der Waals surface area (Å²) in [6, 6.07) is 3.08. The van der Waals surface area contributed by atoms with Crippen LogP contribution in [0.4, 0.5) is 5.82 Å². The molecule has 0 atom stereocenters. The van der Waals surface area contributed by atoms with Crippen LogP contribution in [0.15, 0.2) is 22.7 Å². The maximum Gasteiger partial charge on any atom is 0.272 e. The van der Waals surface area contributed by atoms with Crippen molar-refractivity contribution in [2.45, 2.75) is 19.9 Å². The van der Waals surface area contributed by atoms with Gasteiger partial charge in [-0.05, 0) is 12.1 Å². The van der Waals surface area contributed by atoms with Gasteiger partial charge in [-0.2, -0.15) is 0 Å². The molecule has 2 aromatic rings. The number of nitrogens with two attached hydrogens (primary N) is 1. The van der Waals surface area contributed by atoms with Crippen molar-refractivity contribution in [2.75, 3.05) is 5.43 Å². The molecule has 0 fully saturated rings. The quantitative estimate of drug-likeness (QED) is 0.521. The Labute approximate surface area is 109 Å². The van der Waals surface area contributed by atoms with Gasteiger partial charge in [-0.15, -0.1) is 10.2 Å². The second kappa shape index (κ2) is 5.91. The van der Waals surface area contributed by atoms with E-state index in [1.54, 1.807) is 12.3 Å². The van der Waals surface area contributed by atoms with Gasteiger partial charge in [0.2, 0.25) is 5.89 Å². The van der Waals surface area contributed by atoms with Gasteiger partial charge in [0.25, 0.3) is 5.91 Å². The zero-order chi connectivity index (χ0) is 13.7. The lowest BCUT2D eigenvalue weighted by Crippen LogP contribution is -2.24. The topological polar surface area (TPSA) is 119 Å². The minimum atomic E-state index is -0.354. The van der Waals surface area contributed by atoms with E-state index in [9.17, 15) is 4.79 Å². The summed E-state index contributed by atoms with van der Waals surface area (Å²) in [6.07, 6.45) is 2.41. The fourth-order valence-electron chi connectivity index (χ4n) is 1.37. The number of rotatable bonds is 5. The average Bonchev–Trinajstić information content (AvgIpc) is 2.93. The van der Waals surface area contributed by atoms with E-state index in [1.807, 2.05) is 6.92 Å². The molecular weight excluding hydrogens is 248 g/mol. The number of nitrogens with zero attached hydrogens (tertiary/aromatic N) is 3. The largest absolute Gasteiger partial charge is 0.444 e. The van der Waals surface area contributed by atoms with Crippen molar-refractivity contribution in [1.29, 1.82) is 0 Å². The van der Waals surface area contributed by atoms with Crippen LogP contribution in [0.2, 0.25) is 0 Å². The van der Waals surface area contributed by atoms with Crippen LogP contribution in [-0.2, 0) is 13.0 Å².